The maximum atomic E-state index is 4.14. The van der Waals surface area contributed by atoms with Crippen LogP contribution in [0.2, 0.25) is 0 Å². The number of aryl methyl sites for hydroxylation is 1. The first kappa shape index (κ1) is 9.82. The zero-order valence-electron chi connectivity index (χ0n) is 9.85. The molecule has 1 aromatic carbocycles. The number of hydrogen-bond acceptors (Lipinski definition) is 3. The van der Waals surface area contributed by atoms with Crippen molar-refractivity contribution >= 4 is 10.9 Å². The fourth-order valence-corrected chi connectivity index (χ4v) is 2.99. The van der Waals surface area contributed by atoms with Crippen LogP contribution in [-0.4, -0.2) is 25.6 Å². The third-order valence-corrected chi connectivity index (χ3v) is 3.79. The molecule has 0 saturated carbocycles. The van der Waals surface area contributed by atoms with E-state index in [-0.39, 0.29) is 5.92 Å². The summed E-state index contributed by atoms with van der Waals surface area (Å²) in [6.45, 7) is 0. The second-order valence-electron chi connectivity index (χ2n) is 4.78. The van der Waals surface area contributed by atoms with E-state index in [0.29, 0.717) is 0 Å². The van der Waals surface area contributed by atoms with Gasteiger partial charge >= 0.3 is 0 Å². The van der Waals surface area contributed by atoms with Crippen LogP contribution in [0.15, 0.2) is 24.3 Å². The molecule has 2 N–H and O–H groups in total. The molecule has 1 atom stereocenters. The third kappa shape index (κ3) is 1.30. The molecular weight excluding hydrogens is 226 g/mol. The van der Waals surface area contributed by atoms with Crippen LogP contribution in [0.25, 0.3) is 10.9 Å². The van der Waals surface area contributed by atoms with Gasteiger partial charge in [-0.15, -0.1) is 10.2 Å². The summed E-state index contributed by atoms with van der Waals surface area (Å²) < 4.78 is 0. The smallest absolute Gasteiger partial charge is 0.183 e. The predicted molar refractivity (Wildman–Crippen MR) is 67.3 cm³/mol. The van der Waals surface area contributed by atoms with Crippen molar-refractivity contribution in [2.75, 3.05) is 0 Å². The highest BCUT2D eigenvalue weighted by atomic mass is 15.5. The molecule has 0 amide bonds. The van der Waals surface area contributed by atoms with Gasteiger partial charge < -0.3 is 4.98 Å². The Balaban J connectivity index is 1.94. The Morgan fingerprint density at radius 2 is 2.17 bits per heavy atom. The minimum atomic E-state index is 0.250. The summed E-state index contributed by atoms with van der Waals surface area (Å²) in [7, 11) is 0. The first-order chi connectivity index (χ1) is 8.93. The summed E-state index contributed by atoms with van der Waals surface area (Å²) in [5.41, 5.74) is 3.90. The second kappa shape index (κ2) is 3.66. The summed E-state index contributed by atoms with van der Waals surface area (Å²) in [6, 6.07) is 8.46. The Morgan fingerprint density at radius 1 is 1.22 bits per heavy atom. The van der Waals surface area contributed by atoms with Crippen molar-refractivity contribution in [3.05, 3.63) is 41.3 Å². The molecule has 2 heterocycles. The molecule has 4 rings (SSSR count). The zero-order chi connectivity index (χ0) is 11.9. The lowest BCUT2D eigenvalue weighted by molar-refractivity contribution is 0.583. The lowest BCUT2D eigenvalue weighted by atomic mass is 9.86. The predicted octanol–water partition coefficient (Wildman–Crippen LogP) is 2.15. The fourth-order valence-electron chi connectivity index (χ4n) is 2.99. The lowest BCUT2D eigenvalue weighted by Crippen LogP contribution is -2.12. The van der Waals surface area contributed by atoms with Gasteiger partial charge in [-0.2, -0.15) is 5.21 Å². The zero-order valence-corrected chi connectivity index (χ0v) is 9.85. The molecule has 0 bridgehead atoms. The lowest BCUT2D eigenvalue weighted by Gasteiger charge is -2.19. The summed E-state index contributed by atoms with van der Waals surface area (Å²) in [5.74, 6) is 1.04. The number of fused-ring (bicyclic) bond motifs is 3. The summed E-state index contributed by atoms with van der Waals surface area (Å²) in [6.07, 6.45) is 3.39. The molecule has 1 aliphatic rings. The molecular formula is C13H13N5. The molecule has 2 aromatic heterocycles. The molecule has 0 fully saturated rings. The number of nitrogens with zero attached hydrogens (tertiary/aromatic N) is 3. The van der Waals surface area contributed by atoms with E-state index in [2.05, 4.69) is 49.9 Å². The highest BCUT2D eigenvalue weighted by Gasteiger charge is 2.27. The van der Waals surface area contributed by atoms with Gasteiger partial charge in [-0.1, -0.05) is 23.4 Å². The number of rotatable bonds is 1. The van der Waals surface area contributed by atoms with Gasteiger partial charge in [-0.05, 0) is 30.9 Å². The molecule has 0 radical (unpaired) electrons. The van der Waals surface area contributed by atoms with Crippen molar-refractivity contribution < 1.29 is 0 Å². The van der Waals surface area contributed by atoms with Crippen molar-refractivity contribution in [3.63, 3.8) is 0 Å². The van der Waals surface area contributed by atoms with E-state index in [0.717, 1.165) is 18.7 Å². The van der Waals surface area contributed by atoms with Crippen LogP contribution in [0.5, 0.6) is 0 Å². The SMILES string of the molecule is c1ccc2c3c([nH]c2c1)[C@@H](c1nn[nH]n1)CCC3. The Morgan fingerprint density at radius 3 is 3.06 bits per heavy atom. The molecule has 90 valence electrons. The third-order valence-electron chi connectivity index (χ3n) is 3.79. The van der Waals surface area contributed by atoms with Gasteiger partial charge in [0.1, 0.15) is 0 Å². The van der Waals surface area contributed by atoms with E-state index in [1.54, 1.807) is 0 Å². The Kier molecular flexibility index (Phi) is 2.00. The average molecular weight is 239 g/mol. The van der Waals surface area contributed by atoms with Crippen LogP contribution < -0.4 is 0 Å². The monoisotopic (exact) mass is 239 g/mol. The summed E-state index contributed by atoms with van der Waals surface area (Å²) in [4.78, 5) is 3.53. The number of tetrazole rings is 1. The number of hydrogen-bond donors (Lipinski definition) is 2. The molecule has 0 spiro atoms. The molecule has 5 heteroatoms. The number of nitrogens with one attached hydrogen (secondary N) is 2. The maximum absolute atomic E-state index is 4.14. The number of H-pyrrole nitrogens is 2. The first-order valence-corrected chi connectivity index (χ1v) is 6.26. The van der Waals surface area contributed by atoms with Crippen molar-refractivity contribution in [2.45, 2.75) is 25.2 Å². The van der Waals surface area contributed by atoms with Crippen LogP contribution in [0.1, 0.15) is 35.8 Å². The topological polar surface area (TPSA) is 70.2 Å². The van der Waals surface area contributed by atoms with E-state index in [9.17, 15) is 0 Å². The van der Waals surface area contributed by atoms with Gasteiger partial charge in [0, 0.05) is 16.6 Å². The van der Waals surface area contributed by atoms with E-state index >= 15 is 0 Å². The Labute approximate surface area is 104 Å². The van der Waals surface area contributed by atoms with Gasteiger partial charge in [0.15, 0.2) is 5.82 Å². The number of aromatic amines is 2. The minimum absolute atomic E-state index is 0.250. The van der Waals surface area contributed by atoms with Gasteiger partial charge in [0.2, 0.25) is 0 Å². The van der Waals surface area contributed by atoms with Crippen LogP contribution in [0.4, 0.5) is 0 Å². The van der Waals surface area contributed by atoms with E-state index < -0.39 is 0 Å². The quantitative estimate of drug-likeness (QED) is 0.683. The van der Waals surface area contributed by atoms with Crippen molar-refractivity contribution in [1.29, 1.82) is 0 Å². The van der Waals surface area contributed by atoms with E-state index in [1.165, 1.54) is 28.6 Å². The molecule has 18 heavy (non-hydrogen) atoms. The van der Waals surface area contributed by atoms with Crippen LogP contribution in [0.3, 0.4) is 0 Å². The molecule has 1 aliphatic carbocycles. The molecule has 3 aromatic rings. The van der Waals surface area contributed by atoms with Gasteiger partial charge in [-0.25, -0.2) is 0 Å². The van der Waals surface area contributed by atoms with Crippen molar-refractivity contribution in [3.8, 4) is 0 Å². The average Bonchev–Trinajstić information content (AvgIpc) is 3.05. The fraction of sp³-hybridized carbons (Fsp3) is 0.308. The molecule has 0 aliphatic heterocycles. The molecule has 5 nitrogen and oxygen atoms in total. The van der Waals surface area contributed by atoms with Gasteiger partial charge in [0.25, 0.3) is 0 Å². The second-order valence-corrected chi connectivity index (χ2v) is 4.78. The van der Waals surface area contributed by atoms with Gasteiger partial charge in [-0.3, -0.25) is 0 Å². The first-order valence-electron chi connectivity index (χ1n) is 6.26. The summed E-state index contributed by atoms with van der Waals surface area (Å²) >= 11 is 0. The minimum Gasteiger partial charge on any atom is -0.358 e. The van der Waals surface area contributed by atoms with Crippen LogP contribution in [-0.2, 0) is 6.42 Å². The number of aromatic nitrogens is 5. The van der Waals surface area contributed by atoms with Crippen LogP contribution in [0, 0.1) is 0 Å². The van der Waals surface area contributed by atoms with Gasteiger partial charge in [0.05, 0.1) is 5.92 Å². The largest absolute Gasteiger partial charge is 0.358 e. The highest BCUT2D eigenvalue weighted by molar-refractivity contribution is 5.85. The van der Waals surface area contributed by atoms with Crippen molar-refractivity contribution in [1.82, 2.24) is 25.6 Å². The Bertz CT molecular complexity index is 683. The highest BCUT2D eigenvalue weighted by Crippen LogP contribution is 2.38. The molecule has 0 saturated heterocycles. The standard InChI is InChI=1S/C13H13N5/c1-2-7-11-8(4-1)9-5-3-6-10(12(9)14-11)13-15-17-18-16-13/h1-2,4,7,10,14H,3,5-6H2,(H,15,16,17,18)/t10-/m0/s1. The summed E-state index contributed by atoms with van der Waals surface area (Å²) in [5, 5.41) is 15.8. The molecule has 0 unspecified atom stereocenters. The van der Waals surface area contributed by atoms with E-state index in [1.807, 2.05) is 0 Å². The normalized spacial score (nSPS) is 19.0. The Hall–Kier alpha value is -2.17. The van der Waals surface area contributed by atoms with E-state index in [4.69, 9.17) is 0 Å². The van der Waals surface area contributed by atoms with Crippen molar-refractivity contribution in [2.24, 2.45) is 0 Å². The van der Waals surface area contributed by atoms with Crippen LogP contribution >= 0.6 is 0 Å². The number of benzene rings is 1. The maximum Gasteiger partial charge on any atom is 0.183 e. The number of para-hydroxylation sites is 1.